The van der Waals surface area contributed by atoms with Gasteiger partial charge in [-0.05, 0) is 76.7 Å². The van der Waals surface area contributed by atoms with Gasteiger partial charge in [-0.3, -0.25) is 14.4 Å². The third-order valence-electron chi connectivity index (χ3n) is 7.32. The maximum Gasteiger partial charge on any atom is 0.274 e. The minimum atomic E-state index is -0.398. The second-order valence-electron chi connectivity index (χ2n) is 11.0. The van der Waals surface area contributed by atoms with Gasteiger partial charge in [0.2, 0.25) is 0 Å². The van der Waals surface area contributed by atoms with Crippen LogP contribution >= 0.6 is 0 Å². The topological polar surface area (TPSA) is 67.9 Å². The van der Waals surface area contributed by atoms with E-state index in [0.29, 0.717) is 29.2 Å². The molecule has 0 bridgehead atoms. The molecule has 5 aromatic rings. The van der Waals surface area contributed by atoms with Crippen molar-refractivity contribution in [2.24, 2.45) is 0 Å². The molecule has 0 saturated heterocycles. The molecule has 0 spiro atoms. The van der Waals surface area contributed by atoms with E-state index in [2.05, 4.69) is 19.3 Å². The molecular formula is C38H35FN2O4. The maximum atomic E-state index is 14.3. The van der Waals surface area contributed by atoms with E-state index in [9.17, 15) is 14.0 Å². The van der Waals surface area contributed by atoms with Crippen LogP contribution in [0.2, 0.25) is 0 Å². The number of anilines is 1. The number of hydroxylamine groups is 1. The highest BCUT2D eigenvalue weighted by molar-refractivity contribution is 6.08. The molecule has 0 aliphatic heterocycles. The lowest BCUT2D eigenvalue weighted by atomic mass is 9.99. The Morgan fingerprint density at radius 1 is 0.733 bits per heavy atom. The SMILES string of the molecule is CC(C)c1ccc(OCc2ccccc2)c(C(=O)N(Cc2ccc(C(=O)NOCc3ccccc3)cc2)c2ccc(F)cc2)c1. The van der Waals surface area contributed by atoms with E-state index in [-0.39, 0.29) is 30.9 Å². The molecule has 5 rings (SSSR count). The maximum absolute atomic E-state index is 14.3. The summed E-state index contributed by atoms with van der Waals surface area (Å²) in [6.07, 6.45) is 0. The van der Waals surface area contributed by atoms with E-state index < -0.39 is 5.82 Å². The Labute approximate surface area is 263 Å². The van der Waals surface area contributed by atoms with E-state index in [1.165, 1.54) is 12.1 Å². The summed E-state index contributed by atoms with van der Waals surface area (Å²) in [7, 11) is 0. The summed E-state index contributed by atoms with van der Waals surface area (Å²) in [5.41, 5.74) is 7.51. The predicted molar refractivity (Wildman–Crippen MR) is 173 cm³/mol. The fourth-order valence-corrected chi connectivity index (χ4v) is 4.74. The largest absolute Gasteiger partial charge is 0.488 e. The number of hydrogen-bond acceptors (Lipinski definition) is 4. The van der Waals surface area contributed by atoms with Gasteiger partial charge in [-0.15, -0.1) is 0 Å². The number of rotatable bonds is 12. The van der Waals surface area contributed by atoms with Crippen LogP contribution in [0, 0.1) is 5.82 Å². The Bertz CT molecular complexity index is 1710. The van der Waals surface area contributed by atoms with E-state index in [1.54, 1.807) is 41.3 Å². The van der Waals surface area contributed by atoms with Gasteiger partial charge in [-0.1, -0.05) is 92.7 Å². The number of nitrogens with zero attached hydrogens (tertiary/aromatic N) is 1. The van der Waals surface area contributed by atoms with E-state index in [4.69, 9.17) is 9.57 Å². The van der Waals surface area contributed by atoms with Gasteiger partial charge in [0.1, 0.15) is 18.2 Å². The summed E-state index contributed by atoms with van der Waals surface area (Å²) in [6.45, 7) is 4.86. The fraction of sp³-hybridized carbons (Fsp3) is 0.158. The molecule has 0 unspecified atom stereocenters. The van der Waals surface area contributed by atoms with Crippen LogP contribution in [-0.2, 0) is 24.6 Å². The standard InChI is InChI=1S/C38H35FN2O4/c1-27(2)32-17-22-36(44-25-29-9-5-3-6-10-29)35(23-32)38(43)41(34-20-18-33(39)19-21-34)24-28-13-15-31(16-14-28)37(42)40-45-26-30-11-7-4-8-12-30/h3-23,27H,24-26H2,1-2H3,(H,40,42). The first kappa shape index (κ1) is 31.2. The van der Waals surface area contributed by atoms with Gasteiger partial charge in [0.25, 0.3) is 11.8 Å². The number of ether oxygens (including phenoxy) is 1. The summed E-state index contributed by atoms with van der Waals surface area (Å²) < 4.78 is 20.1. The molecule has 0 saturated carbocycles. The molecule has 5 aromatic carbocycles. The van der Waals surface area contributed by atoms with Crippen LogP contribution in [-0.4, -0.2) is 11.8 Å². The minimum Gasteiger partial charge on any atom is -0.488 e. The molecule has 0 radical (unpaired) electrons. The molecule has 0 fully saturated rings. The first-order chi connectivity index (χ1) is 21.9. The molecule has 0 aliphatic rings. The van der Waals surface area contributed by atoms with Crippen LogP contribution in [0.25, 0.3) is 0 Å². The number of nitrogens with one attached hydrogen (secondary N) is 1. The van der Waals surface area contributed by atoms with Crippen molar-refractivity contribution >= 4 is 17.5 Å². The highest BCUT2D eigenvalue weighted by Gasteiger charge is 2.23. The molecule has 7 heteroatoms. The van der Waals surface area contributed by atoms with Gasteiger partial charge >= 0.3 is 0 Å². The smallest absolute Gasteiger partial charge is 0.274 e. The second kappa shape index (κ2) is 14.9. The minimum absolute atomic E-state index is 0.181. The molecule has 0 heterocycles. The second-order valence-corrected chi connectivity index (χ2v) is 11.0. The Balaban J connectivity index is 1.37. The molecule has 0 aromatic heterocycles. The van der Waals surface area contributed by atoms with Gasteiger partial charge in [0.05, 0.1) is 18.7 Å². The lowest BCUT2D eigenvalue weighted by Crippen LogP contribution is -2.31. The molecule has 0 aliphatic carbocycles. The first-order valence-electron chi connectivity index (χ1n) is 14.8. The quantitative estimate of drug-likeness (QED) is 0.146. The highest BCUT2D eigenvalue weighted by atomic mass is 19.1. The number of halogens is 1. The number of carbonyl (C=O) groups is 2. The molecule has 6 nitrogen and oxygen atoms in total. The summed E-state index contributed by atoms with van der Waals surface area (Å²) >= 11 is 0. The number of hydrogen-bond donors (Lipinski definition) is 1. The van der Waals surface area contributed by atoms with Crippen LogP contribution in [0.5, 0.6) is 5.75 Å². The van der Waals surface area contributed by atoms with Crippen molar-refractivity contribution in [1.29, 1.82) is 0 Å². The Kier molecular flexibility index (Phi) is 10.4. The van der Waals surface area contributed by atoms with Crippen molar-refractivity contribution in [1.82, 2.24) is 5.48 Å². The molecule has 45 heavy (non-hydrogen) atoms. The number of benzene rings is 5. The highest BCUT2D eigenvalue weighted by Crippen LogP contribution is 2.29. The van der Waals surface area contributed by atoms with Gasteiger partial charge in [-0.2, -0.15) is 0 Å². The van der Waals surface area contributed by atoms with Gasteiger partial charge in [0, 0.05) is 11.3 Å². The Morgan fingerprint density at radius 3 is 1.98 bits per heavy atom. The van der Waals surface area contributed by atoms with Crippen molar-refractivity contribution in [3.8, 4) is 5.75 Å². The predicted octanol–water partition coefficient (Wildman–Crippen LogP) is 8.24. The number of amides is 2. The van der Waals surface area contributed by atoms with E-state index in [0.717, 1.165) is 22.3 Å². The Morgan fingerprint density at radius 2 is 1.36 bits per heavy atom. The monoisotopic (exact) mass is 602 g/mol. The average molecular weight is 603 g/mol. The first-order valence-corrected chi connectivity index (χ1v) is 14.8. The van der Waals surface area contributed by atoms with Crippen molar-refractivity contribution in [2.45, 2.75) is 39.5 Å². The van der Waals surface area contributed by atoms with Crippen molar-refractivity contribution in [2.75, 3.05) is 4.90 Å². The normalized spacial score (nSPS) is 10.8. The van der Waals surface area contributed by atoms with Crippen LogP contribution in [0.1, 0.15) is 62.7 Å². The van der Waals surface area contributed by atoms with Crippen molar-refractivity contribution < 1.29 is 23.6 Å². The van der Waals surface area contributed by atoms with Gasteiger partial charge in [-0.25, -0.2) is 9.87 Å². The summed E-state index contributed by atoms with van der Waals surface area (Å²) in [5.74, 6) is -0.417. The molecular weight excluding hydrogens is 567 g/mol. The van der Waals surface area contributed by atoms with Crippen LogP contribution in [0.3, 0.4) is 0 Å². The molecule has 228 valence electrons. The van der Waals surface area contributed by atoms with Gasteiger partial charge in [0.15, 0.2) is 0 Å². The third-order valence-corrected chi connectivity index (χ3v) is 7.32. The zero-order valence-electron chi connectivity index (χ0n) is 25.3. The van der Waals surface area contributed by atoms with Crippen LogP contribution in [0.4, 0.5) is 10.1 Å². The van der Waals surface area contributed by atoms with Crippen molar-refractivity contribution in [3.05, 3.63) is 167 Å². The van der Waals surface area contributed by atoms with Crippen LogP contribution in [0.15, 0.2) is 127 Å². The lowest BCUT2D eigenvalue weighted by Gasteiger charge is -2.25. The molecule has 0 atom stereocenters. The lowest BCUT2D eigenvalue weighted by molar-refractivity contribution is 0.0233. The summed E-state index contributed by atoms with van der Waals surface area (Å²) in [6, 6.07) is 37.7. The zero-order valence-corrected chi connectivity index (χ0v) is 25.3. The van der Waals surface area contributed by atoms with Gasteiger partial charge < -0.3 is 9.64 Å². The fourth-order valence-electron chi connectivity index (χ4n) is 4.74. The van der Waals surface area contributed by atoms with E-state index in [1.807, 2.05) is 78.9 Å². The third kappa shape index (κ3) is 8.43. The molecule has 2 amide bonds. The summed E-state index contributed by atoms with van der Waals surface area (Å²) in [5, 5.41) is 0. The van der Waals surface area contributed by atoms with Crippen LogP contribution < -0.4 is 15.1 Å². The van der Waals surface area contributed by atoms with Crippen molar-refractivity contribution in [3.63, 3.8) is 0 Å². The molecule has 1 N–H and O–H groups in total. The Hall–Kier alpha value is -5.27. The zero-order chi connectivity index (χ0) is 31.6. The number of carbonyl (C=O) groups excluding carboxylic acids is 2. The summed E-state index contributed by atoms with van der Waals surface area (Å²) in [4.78, 5) is 33.9. The van der Waals surface area contributed by atoms with E-state index >= 15 is 0 Å². The average Bonchev–Trinajstić information content (AvgIpc) is 3.07.